The third-order valence-electron chi connectivity index (χ3n) is 6.70. The highest BCUT2D eigenvalue weighted by molar-refractivity contribution is 6.37. The standard InChI is InChI=1S/C30H28N6O4/c1-19(37)31-15-3-4-20-5-7-21(8-6-20)28(27-25-18-24(36(39)40)13-14-26(25)34-30(27)38)33-23-11-9-22(10-12-23)29-32-16-17-35(29)2/h5-14,16-18,33H,3-4,15H2,1-2H3,(H,31,37)(H,34,38). The van der Waals surface area contributed by atoms with Crippen LogP contribution in [0.15, 0.2) is 79.1 Å². The molecule has 1 aromatic heterocycles. The first-order valence-electron chi connectivity index (χ1n) is 12.8. The van der Waals surface area contributed by atoms with E-state index in [4.69, 9.17) is 0 Å². The minimum atomic E-state index is -0.472. The van der Waals surface area contributed by atoms with Gasteiger partial charge in [0.05, 0.1) is 16.2 Å². The predicted octanol–water partition coefficient (Wildman–Crippen LogP) is 5.00. The molecule has 5 rings (SSSR count). The summed E-state index contributed by atoms with van der Waals surface area (Å²) in [6.45, 7) is 2.09. The first kappa shape index (κ1) is 26.4. The van der Waals surface area contributed by atoms with Gasteiger partial charge < -0.3 is 20.5 Å². The number of nitrogens with zero attached hydrogens (tertiary/aromatic N) is 3. The molecular formula is C30H28N6O4. The summed E-state index contributed by atoms with van der Waals surface area (Å²) in [5.41, 5.74) is 5.27. The molecule has 0 spiro atoms. The van der Waals surface area contributed by atoms with E-state index in [1.165, 1.54) is 19.1 Å². The molecule has 40 heavy (non-hydrogen) atoms. The van der Waals surface area contributed by atoms with E-state index in [2.05, 4.69) is 20.9 Å². The number of amides is 2. The number of nitro benzene ring substituents is 1. The summed E-state index contributed by atoms with van der Waals surface area (Å²) in [4.78, 5) is 39.8. The summed E-state index contributed by atoms with van der Waals surface area (Å²) in [6, 6.07) is 19.9. The number of nitro groups is 1. The van der Waals surface area contributed by atoms with E-state index in [0.717, 1.165) is 41.0 Å². The Morgan fingerprint density at radius 2 is 1.82 bits per heavy atom. The summed E-state index contributed by atoms with van der Waals surface area (Å²) in [5.74, 6) is 0.429. The Hall–Kier alpha value is -5.25. The van der Waals surface area contributed by atoms with Crippen molar-refractivity contribution in [2.45, 2.75) is 19.8 Å². The van der Waals surface area contributed by atoms with Crippen LogP contribution >= 0.6 is 0 Å². The summed E-state index contributed by atoms with van der Waals surface area (Å²) >= 11 is 0. The van der Waals surface area contributed by atoms with Gasteiger partial charge in [0.25, 0.3) is 11.6 Å². The Morgan fingerprint density at radius 3 is 2.48 bits per heavy atom. The number of hydrogen-bond acceptors (Lipinski definition) is 6. The number of imidazole rings is 1. The lowest BCUT2D eigenvalue weighted by Crippen LogP contribution is -2.21. The lowest BCUT2D eigenvalue weighted by molar-refractivity contribution is -0.384. The van der Waals surface area contributed by atoms with Gasteiger partial charge in [0.1, 0.15) is 5.82 Å². The monoisotopic (exact) mass is 536 g/mol. The van der Waals surface area contributed by atoms with Gasteiger partial charge in [0, 0.05) is 67.5 Å². The van der Waals surface area contributed by atoms with Gasteiger partial charge in [0.2, 0.25) is 5.91 Å². The zero-order valence-electron chi connectivity index (χ0n) is 22.1. The summed E-state index contributed by atoms with van der Waals surface area (Å²) in [6.07, 6.45) is 5.20. The first-order valence-corrected chi connectivity index (χ1v) is 12.8. The fraction of sp³-hybridized carbons (Fsp3) is 0.167. The lowest BCUT2D eigenvalue weighted by atomic mass is 9.98. The van der Waals surface area contributed by atoms with Crippen LogP contribution < -0.4 is 16.0 Å². The molecule has 0 aliphatic carbocycles. The Bertz CT molecular complexity index is 1620. The number of aryl methyl sites for hydroxylation is 2. The van der Waals surface area contributed by atoms with Crippen molar-refractivity contribution in [2.24, 2.45) is 7.05 Å². The molecule has 0 saturated carbocycles. The van der Waals surface area contributed by atoms with Crippen LogP contribution in [0.4, 0.5) is 17.1 Å². The average Bonchev–Trinajstić information content (AvgIpc) is 3.52. The zero-order valence-corrected chi connectivity index (χ0v) is 22.1. The molecular weight excluding hydrogens is 508 g/mol. The number of non-ortho nitro benzene ring substituents is 1. The molecule has 2 amide bonds. The van der Waals surface area contributed by atoms with Crippen LogP contribution in [-0.4, -0.2) is 32.8 Å². The number of carbonyl (C=O) groups excluding carboxylic acids is 2. The molecule has 0 saturated heterocycles. The molecule has 4 aromatic rings. The van der Waals surface area contributed by atoms with Crippen LogP contribution in [0.25, 0.3) is 22.7 Å². The van der Waals surface area contributed by atoms with Crippen molar-refractivity contribution in [1.82, 2.24) is 14.9 Å². The molecule has 3 aromatic carbocycles. The minimum absolute atomic E-state index is 0.0546. The largest absolute Gasteiger partial charge is 0.356 e. The zero-order chi connectivity index (χ0) is 28.2. The van der Waals surface area contributed by atoms with Crippen molar-refractivity contribution in [2.75, 3.05) is 17.2 Å². The number of carbonyl (C=O) groups is 2. The maximum absolute atomic E-state index is 13.2. The van der Waals surface area contributed by atoms with Gasteiger partial charge in [-0.05, 0) is 54.3 Å². The third kappa shape index (κ3) is 5.60. The van der Waals surface area contributed by atoms with E-state index in [9.17, 15) is 19.7 Å². The third-order valence-corrected chi connectivity index (χ3v) is 6.70. The quantitative estimate of drug-likeness (QED) is 0.119. The van der Waals surface area contributed by atoms with Gasteiger partial charge in [-0.3, -0.25) is 19.7 Å². The van der Waals surface area contributed by atoms with Gasteiger partial charge in [-0.1, -0.05) is 24.3 Å². The number of anilines is 2. The second kappa shape index (κ2) is 11.2. The second-order valence-electron chi connectivity index (χ2n) is 9.54. The summed E-state index contributed by atoms with van der Waals surface area (Å²) < 4.78 is 1.93. The SMILES string of the molecule is CC(=O)NCCCc1ccc(C(Nc2ccc(-c3nccn3C)cc2)=C2C(=O)Nc3ccc([N+](=O)[O-])cc32)cc1. The molecule has 1 aliphatic heterocycles. The van der Waals surface area contributed by atoms with Crippen molar-refractivity contribution < 1.29 is 14.5 Å². The molecule has 0 bridgehead atoms. The molecule has 1 aliphatic rings. The van der Waals surface area contributed by atoms with Crippen LogP contribution in [0.2, 0.25) is 0 Å². The van der Waals surface area contributed by atoms with E-state index >= 15 is 0 Å². The van der Waals surface area contributed by atoms with Gasteiger partial charge in [-0.2, -0.15) is 0 Å². The van der Waals surface area contributed by atoms with Gasteiger partial charge in [-0.25, -0.2) is 4.98 Å². The van der Waals surface area contributed by atoms with Crippen LogP contribution in [0.5, 0.6) is 0 Å². The number of benzene rings is 3. The molecule has 0 unspecified atom stereocenters. The van der Waals surface area contributed by atoms with Crippen LogP contribution in [0.3, 0.4) is 0 Å². The molecule has 10 nitrogen and oxygen atoms in total. The van der Waals surface area contributed by atoms with Crippen molar-refractivity contribution >= 4 is 40.1 Å². The Labute approximate surface area is 230 Å². The highest BCUT2D eigenvalue weighted by atomic mass is 16.6. The van der Waals surface area contributed by atoms with E-state index in [0.29, 0.717) is 29.1 Å². The molecule has 3 N–H and O–H groups in total. The number of aromatic nitrogens is 2. The van der Waals surface area contributed by atoms with Crippen LogP contribution in [-0.2, 0) is 23.1 Å². The fourth-order valence-corrected chi connectivity index (χ4v) is 4.68. The van der Waals surface area contributed by atoms with Crippen molar-refractivity contribution in [1.29, 1.82) is 0 Å². The number of fused-ring (bicyclic) bond motifs is 1. The molecule has 0 fully saturated rings. The Morgan fingerprint density at radius 1 is 1.07 bits per heavy atom. The highest BCUT2D eigenvalue weighted by Crippen LogP contribution is 2.39. The summed E-state index contributed by atoms with van der Waals surface area (Å²) in [5, 5.41) is 20.5. The Kier molecular flexibility index (Phi) is 7.41. The molecule has 10 heteroatoms. The molecule has 2 heterocycles. The van der Waals surface area contributed by atoms with Crippen LogP contribution in [0, 0.1) is 10.1 Å². The molecule has 0 atom stereocenters. The second-order valence-corrected chi connectivity index (χ2v) is 9.54. The van der Waals surface area contributed by atoms with Gasteiger partial charge >= 0.3 is 0 Å². The number of nitrogens with one attached hydrogen (secondary N) is 3. The van der Waals surface area contributed by atoms with Crippen molar-refractivity contribution in [3.63, 3.8) is 0 Å². The normalized spacial score (nSPS) is 13.4. The van der Waals surface area contributed by atoms with Crippen molar-refractivity contribution in [3.05, 3.63) is 106 Å². The minimum Gasteiger partial charge on any atom is -0.356 e. The molecule has 202 valence electrons. The van der Waals surface area contributed by atoms with Gasteiger partial charge in [-0.15, -0.1) is 0 Å². The maximum Gasteiger partial charge on any atom is 0.270 e. The van der Waals surface area contributed by atoms with E-state index in [1.807, 2.05) is 66.3 Å². The van der Waals surface area contributed by atoms with E-state index in [1.54, 1.807) is 12.3 Å². The smallest absolute Gasteiger partial charge is 0.270 e. The highest BCUT2D eigenvalue weighted by Gasteiger charge is 2.30. The fourth-order valence-electron chi connectivity index (χ4n) is 4.68. The van der Waals surface area contributed by atoms with E-state index in [-0.39, 0.29) is 17.5 Å². The lowest BCUT2D eigenvalue weighted by Gasteiger charge is -2.16. The maximum atomic E-state index is 13.2. The average molecular weight is 537 g/mol. The molecule has 0 radical (unpaired) electrons. The van der Waals surface area contributed by atoms with E-state index < -0.39 is 4.92 Å². The first-order chi connectivity index (χ1) is 19.3. The Balaban J connectivity index is 1.51. The predicted molar refractivity (Wildman–Crippen MR) is 154 cm³/mol. The van der Waals surface area contributed by atoms with Gasteiger partial charge in [0.15, 0.2) is 0 Å². The summed E-state index contributed by atoms with van der Waals surface area (Å²) in [7, 11) is 1.93. The van der Waals surface area contributed by atoms with Crippen LogP contribution in [0.1, 0.15) is 30.0 Å². The number of rotatable bonds is 9. The van der Waals surface area contributed by atoms with Crippen molar-refractivity contribution in [3.8, 4) is 11.4 Å². The number of hydrogen-bond donors (Lipinski definition) is 3. The topological polar surface area (TPSA) is 131 Å².